The number of benzene rings is 2. The van der Waals surface area contributed by atoms with E-state index in [-0.39, 0.29) is 24.1 Å². The Hall–Kier alpha value is -3.38. The van der Waals surface area contributed by atoms with Gasteiger partial charge in [-0.05, 0) is 41.2 Å². The first-order chi connectivity index (χ1) is 16.6. The Morgan fingerprint density at radius 2 is 1.62 bits per heavy atom. The summed E-state index contributed by atoms with van der Waals surface area (Å²) >= 11 is 0. The number of fused-ring (bicyclic) bond motifs is 5. The van der Waals surface area contributed by atoms with Gasteiger partial charge in [-0.25, -0.2) is 9.78 Å². The molecule has 6 heteroatoms. The van der Waals surface area contributed by atoms with Gasteiger partial charge in [-0.3, -0.25) is 0 Å². The summed E-state index contributed by atoms with van der Waals surface area (Å²) in [6.45, 7) is 0.315. The molecule has 2 aliphatic heterocycles. The third-order valence-corrected chi connectivity index (χ3v) is 7.80. The second kappa shape index (κ2) is 8.13. The molecule has 1 N–H and O–H groups in total. The highest BCUT2D eigenvalue weighted by Gasteiger charge is 2.51. The van der Waals surface area contributed by atoms with Crippen molar-refractivity contribution in [2.24, 2.45) is 0 Å². The number of carbonyl (C=O) groups excluding carboxylic acids is 1. The van der Waals surface area contributed by atoms with Crippen LogP contribution < -0.4 is 4.74 Å². The number of ether oxygens (including phenoxy) is 2. The monoisotopic (exact) mass is 456 g/mol. The summed E-state index contributed by atoms with van der Waals surface area (Å²) in [5.41, 5.74) is 4.63. The van der Waals surface area contributed by atoms with Gasteiger partial charge in [0.1, 0.15) is 6.61 Å². The van der Waals surface area contributed by atoms with Gasteiger partial charge in [0.25, 0.3) is 0 Å². The zero-order valence-electron chi connectivity index (χ0n) is 19.2. The molecular weight excluding hydrogens is 428 g/mol. The molecule has 6 rings (SSSR count). The Labute approximate surface area is 199 Å². The van der Waals surface area contributed by atoms with Crippen LogP contribution in [-0.4, -0.2) is 46.9 Å². The molecule has 2 bridgehead atoms. The number of aromatic nitrogens is 1. The van der Waals surface area contributed by atoms with Gasteiger partial charge < -0.3 is 19.5 Å². The van der Waals surface area contributed by atoms with Crippen LogP contribution in [0.3, 0.4) is 0 Å². The van der Waals surface area contributed by atoms with Crippen molar-refractivity contribution in [2.75, 3.05) is 13.7 Å². The zero-order valence-corrected chi connectivity index (χ0v) is 19.2. The van der Waals surface area contributed by atoms with Crippen LogP contribution in [0.1, 0.15) is 48.3 Å². The van der Waals surface area contributed by atoms with Gasteiger partial charge in [0.15, 0.2) is 0 Å². The first-order valence-corrected chi connectivity index (χ1v) is 11.9. The Morgan fingerprint density at radius 1 is 1.00 bits per heavy atom. The molecule has 3 aliphatic rings. The van der Waals surface area contributed by atoms with Crippen LogP contribution >= 0.6 is 0 Å². The number of aliphatic hydroxyl groups is 1. The molecule has 2 aromatic carbocycles. The van der Waals surface area contributed by atoms with E-state index in [9.17, 15) is 9.90 Å². The van der Waals surface area contributed by atoms with E-state index in [0.29, 0.717) is 25.3 Å². The van der Waals surface area contributed by atoms with Crippen molar-refractivity contribution in [3.8, 4) is 17.0 Å². The van der Waals surface area contributed by atoms with Crippen molar-refractivity contribution >= 4 is 6.09 Å². The van der Waals surface area contributed by atoms with Crippen molar-refractivity contribution in [2.45, 2.75) is 49.3 Å². The third-order valence-electron chi connectivity index (χ3n) is 7.80. The van der Waals surface area contributed by atoms with Gasteiger partial charge in [-0.15, -0.1) is 0 Å². The second-order valence-corrected chi connectivity index (χ2v) is 9.63. The highest BCUT2D eigenvalue weighted by Crippen LogP contribution is 2.47. The first kappa shape index (κ1) is 21.2. The van der Waals surface area contributed by atoms with Crippen molar-refractivity contribution in [1.29, 1.82) is 0 Å². The summed E-state index contributed by atoms with van der Waals surface area (Å²) in [6, 6.07) is 20.3. The molecule has 3 aromatic rings. The number of methoxy groups -OCH3 is 1. The average Bonchev–Trinajstić information content (AvgIpc) is 3.34. The molecule has 2 saturated heterocycles. The number of amides is 1. The quantitative estimate of drug-likeness (QED) is 0.607. The third kappa shape index (κ3) is 3.36. The number of hydrogen-bond donors (Lipinski definition) is 1. The standard InChI is InChI=1S/C28H28N2O4/c1-33-26-13-10-18(16-29-26)28(32)14-19-11-12-20(15-28)30(19)27(31)34-17-25-23-8-4-2-6-21(23)22-7-3-5-9-24(22)25/h2-10,13,16,19-20,25,32H,11-12,14-15,17H2,1H3. The van der Waals surface area contributed by atoms with Crippen molar-refractivity contribution in [1.82, 2.24) is 9.88 Å². The molecule has 2 unspecified atom stereocenters. The van der Waals surface area contributed by atoms with Crippen LogP contribution in [0.25, 0.3) is 11.1 Å². The van der Waals surface area contributed by atoms with Crippen LogP contribution in [0, 0.1) is 0 Å². The normalized spacial score (nSPS) is 25.1. The summed E-state index contributed by atoms with van der Waals surface area (Å²) in [6.07, 6.45) is 4.14. The number of piperidine rings is 1. The maximum Gasteiger partial charge on any atom is 0.410 e. The fraction of sp³-hybridized carbons (Fsp3) is 0.357. The fourth-order valence-electron chi connectivity index (χ4n) is 6.20. The van der Waals surface area contributed by atoms with E-state index in [1.807, 2.05) is 23.1 Å². The van der Waals surface area contributed by atoms with Gasteiger partial charge >= 0.3 is 6.09 Å². The molecule has 1 aliphatic carbocycles. The van der Waals surface area contributed by atoms with Gasteiger partial charge in [0.2, 0.25) is 5.88 Å². The number of hydrogen-bond acceptors (Lipinski definition) is 5. The maximum absolute atomic E-state index is 13.3. The summed E-state index contributed by atoms with van der Waals surface area (Å²) in [5.74, 6) is 0.562. The van der Waals surface area contributed by atoms with E-state index in [1.54, 1.807) is 19.4 Å². The molecule has 6 nitrogen and oxygen atoms in total. The molecule has 1 aromatic heterocycles. The molecule has 174 valence electrons. The number of pyridine rings is 1. The lowest BCUT2D eigenvalue weighted by Crippen LogP contribution is -2.52. The van der Waals surface area contributed by atoms with E-state index >= 15 is 0 Å². The molecule has 0 spiro atoms. The Kier molecular flexibility index (Phi) is 5.06. The molecule has 2 atom stereocenters. The molecule has 3 heterocycles. The lowest BCUT2D eigenvalue weighted by molar-refractivity contribution is -0.0533. The maximum atomic E-state index is 13.3. The number of carbonyl (C=O) groups is 1. The number of rotatable bonds is 4. The summed E-state index contributed by atoms with van der Waals surface area (Å²) in [7, 11) is 1.57. The van der Waals surface area contributed by atoms with Gasteiger partial charge in [-0.1, -0.05) is 48.5 Å². The van der Waals surface area contributed by atoms with Crippen LogP contribution in [-0.2, 0) is 10.3 Å². The van der Waals surface area contributed by atoms with Gasteiger partial charge in [0, 0.05) is 48.7 Å². The Morgan fingerprint density at radius 3 is 2.18 bits per heavy atom. The topological polar surface area (TPSA) is 71.9 Å². The molecular formula is C28H28N2O4. The van der Waals surface area contributed by atoms with Crippen LogP contribution in [0.4, 0.5) is 4.79 Å². The highest BCUT2D eigenvalue weighted by atomic mass is 16.6. The largest absolute Gasteiger partial charge is 0.481 e. The predicted molar refractivity (Wildman–Crippen MR) is 128 cm³/mol. The Balaban J connectivity index is 1.17. The lowest BCUT2D eigenvalue weighted by Gasteiger charge is -2.43. The average molecular weight is 457 g/mol. The first-order valence-electron chi connectivity index (χ1n) is 11.9. The molecule has 2 fully saturated rings. The van der Waals surface area contributed by atoms with Gasteiger partial charge in [-0.2, -0.15) is 0 Å². The van der Waals surface area contributed by atoms with Crippen LogP contribution in [0.5, 0.6) is 5.88 Å². The smallest absolute Gasteiger partial charge is 0.410 e. The van der Waals surface area contributed by atoms with Crippen LogP contribution in [0.15, 0.2) is 66.9 Å². The van der Waals surface area contributed by atoms with Crippen molar-refractivity contribution in [3.63, 3.8) is 0 Å². The second-order valence-electron chi connectivity index (χ2n) is 9.63. The van der Waals surface area contributed by atoms with E-state index in [2.05, 4.69) is 41.4 Å². The summed E-state index contributed by atoms with van der Waals surface area (Å²) < 4.78 is 11.1. The minimum atomic E-state index is -0.995. The predicted octanol–water partition coefficient (Wildman–Crippen LogP) is 4.85. The minimum absolute atomic E-state index is 0.0403. The lowest BCUT2D eigenvalue weighted by atomic mass is 9.81. The van der Waals surface area contributed by atoms with E-state index in [1.165, 1.54) is 22.3 Å². The molecule has 0 saturated carbocycles. The molecule has 34 heavy (non-hydrogen) atoms. The fourth-order valence-corrected chi connectivity index (χ4v) is 6.20. The van der Waals surface area contributed by atoms with Crippen molar-refractivity contribution in [3.05, 3.63) is 83.6 Å². The zero-order chi connectivity index (χ0) is 23.3. The Bertz CT molecular complexity index is 1170. The summed E-state index contributed by atoms with van der Waals surface area (Å²) in [4.78, 5) is 19.4. The molecule has 0 radical (unpaired) electrons. The molecule has 1 amide bonds. The van der Waals surface area contributed by atoms with Crippen LogP contribution in [0.2, 0.25) is 0 Å². The summed E-state index contributed by atoms with van der Waals surface area (Å²) in [5, 5.41) is 11.4. The van der Waals surface area contributed by atoms with E-state index in [0.717, 1.165) is 18.4 Å². The highest BCUT2D eigenvalue weighted by molar-refractivity contribution is 5.79. The van der Waals surface area contributed by atoms with E-state index in [4.69, 9.17) is 9.47 Å². The van der Waals surface area contributed by atoms with Gasteiger partial charge in [0.05, 0.1) is 12.7 Å². The SMILES string of the molecule is COc1ccc(C2(O)CC3CCC(C2)N3C(=O)OCC2c3ccccc3-c3ccccc32)cn1. The van der Waals surface area contributed by atoms with E-state index < -0.39 is 5.60 Å². The minimum Gasteiger partial charge on any atom is -0.481 e. The van der Waals surface area contributed by atoms with Crippen molar-refractivity contribution < 1.29 is 19.4 Å². The number of nitrogens with zero attached hydrogens (tertiary/aromatic N) is 2.